The highest BCUT2D eigenvalue weighted by molar-refractivity contribution is 5.85. The van der Waals surface area contributed by atoms with E-state index in [1.165, 1.54) is 0 Å². The molecule has 1 aliphatic rings. The van der Waals surface area contributed by atoms with E-state index in [2.05, 4.69) is 10.2 Å². The molecule has 1 aromatic carbocycles. The first-order chi connectivity index (χ1) is 8.15. The van der Waals surface area contributed by atoms with E-state index in [-0.39, 0.29) is 0 Å². The highest BCUT2D eigenvalue weighted by Crippen LogP contribution is 2.52. The standard InChI is InChI=1S/C12H12N2O3/c15-10(11(16)17)12(4-5-12)8-3-1-2-7-6-13-14-9(7)8/h1-3,6,10,15H,4-5H2,(H,13,14)(H,16,17). The maximum atomic E-state index is 11.0. The summed E-state index contributed by atoms with van der Waals surface area (Å²) in [5.41, 5.74) is 1.03. The number of benzene rings is 1. The third-order valence-electron chi connectivity index (χ3n) is 3.56. The molecular weight excluding hydrogens is 220 g/mol. The fourth-order valence-electron chi connectivity index (χ4n) is 2.44. The summed E-state index contributed by atoms with van der Waals surface area (Å²) in [5, 5.41) is 26.6. The van der Waals surface area contributed by atoms with Crippen LogP contribution in [-0.2, 0) is 10.2 Å². The number of aromatic nitrogens is 2. The van der Waals surface area contributed by atoms with Crippen LogP contribution in [0.5, 0.6) is 0 Å². The van der Waals surface area contributed by atoms with Crippen LogP contribution in [0.3, 0.4) is 0 Å². The molecule has 1 atom stereocenters. The van der Waals surface area contributed by atoms with Crippen LogP contribution in [0.15, 0.2) is 24.4 Å². The van der Waals surface area contributed by atoms with E-state index in [4.69, 9.17) is 5.11 Å². The minimum atomic E-state index is -1.35. The Bertz CT molecular complexity index is 586. The molecule has 1 heterocycles. The number of hydrogen-bond acceptors (Lipinski definition) is 3. The Morgan fingerprint density at radius 1 is 1.47 bits per heavy atom. The Morgan fingerprint density at radius 3 is 2.88 bits per heavy atom. The second-order valence-electron chi connectivity index (χ2n) is 4.54. The predicted molar refractivity (Wildman–Crippen MR) is 60.6 cm³/mol. The second-order valence-corrected chi connectivity index (χ2v) is 4.54. The molecule has 1 saturated carbocycles. The van der Waals surface area contributed by atoms with Gasteiger partial charge < -0.3 is 10.2 Å². The molecule has 0 radical (unpaired) electrons. The highest BCUT2D eigenvalue weighted by Gasteiger charge is 2.54. The Kier molecular flexibility index (Phi) is 2.00. The van der Waals surface area contributed by atoms with Gasteiger partial charge in [0.25, 0.3) is 0 Å². The number of para-hydroxylation sites is 1. The van der Waals surface area contributed by atoms with Gasteiger partial charge in [-0.25, -0.2) is 4.79 Å². The van der Waals surface area contributed by atoms with E-state index in [0.717, 1.165) is 16.5 Å². The third-order valence-corrected chi connectivity index (χ3v) is 3.56. The van der Waals surface area contributed by atoms with E-state index in [1.54, 1.807) is 6.20 Å². The van der Waals surface area contributed by atoms with Gasteiger partial charge in [0.1, 0.15) is 0 Å². The fourth-order valence-corrected chi connectivity index (χ4v) is 2.44. The first-order valence-electron chi connectivity index (χ1n) is 5.48. The van der Waals surface area contributed by atoms with Crippen LogP contribution in [0.1, 0.15) is 18.4 Å². The summed E-state index contributed by atoms with van der Waals surface area (Å²) in [6.45, 7) is 0. The van der Waals surface area contributed by atoms with Crippen molar-refractivity contribution >= 4 is 16.9 Å². The lowest BCUT2D eigenvalue weighted by Crippen LogP contribution is -2.34. The lowest BCUT2D eigenvalue weighted by molar-refractivity contribution is -0.148. The summed E-state index contributed by atoms with van der Waals surface area (Å²) < 4.78 is 0. The van der Waals surface area contributed by atoms with E-state index in [0.29, 0.717) is 12.8 Å². The topological polar surface area (TPSA) is 86.2 Å². The number of aliphatic hydroxyl groups is 1. The molecule has 88 valence electrons. The minimum Gasteiger partial charge on any atom is -0.479 e. The second kappa shape index (κ2) is 3.30. The van der Waals surface area contributed by atoms with Crippen molar-refractivity contribution in [3.8, 4) is 0 Å². The van der Waals surface area contributed by atoms with Crippen molar-refractivity contribution in [2.75, 3.05) is 0 Å². The van der Waals surface area contributed by atoms with E-state index in [9.17, 15) is 9.90 Å². The maximum absolute atomic E-state index is 11.0. The quantitative estimate of drug-likeness (QED) is 0.738. The number of fused-ring (bicyclic) bond motifs is 1. The molecule has 1 unspecified atom stereocenters. The van der Waals surface area contributed by atoms with Gasteiger partial charge in [0, 0.05) is 10.8 Å². The predicted octanol–water partition coefficient (Wildman–Crippen LogP) is 1.04. The molecule has 17 heavy (non-hydrogen) atoms. The number of carboxylic acid groups (broad SMARTS) is 1. The van der Waals surface area contributed by atoms with Crippen LogP contribution in [-0.4, -0.2) is 32.5 Å². The SMILES string of the molecule is O=C(O)C(O)C1(c2cccc3cn[nH]c23)CC1. The van der Waals surface area contributed by atoms with Gasteiger partial charge in [0.05, 0.1) is 11.7 Å². The molecule has 0 spiro atoms. The van der Waals surface area contributed by atoms with E-state index >= 15 is 0 Å². The van der Waals surface area contributed by atoms with Crippen LogP contribution >= 0.6 is 0 Å². The number of aliphatic carboxylic acids is 1. The largest absolute Gasteiger partial charge is 0.479 e. The number of carbonyl (C=O) groups is 1. The molecule has 1 fully saturated rings. The van der Waals surface area contributed by atoms with Crippen molar-refractivity contribution in [2.24, 2.45) is 0 Å². The number of rotatable bonds is 3. The Morgan fingerprint density at radius 2 is 2.24 bits per heavy atom. The van der Waals surface area contributed by atoms with Crippen molar-refractivity contribution in [2.45, 2.75) is 24.4 Å². The van der Waals surface area contributed by atoms with E-state index < -0.39 is 17.5 Å². The summed E-state index contributed by atoms with van der Waals surface area (Å²) in [4.78, 5) is 11.0. The molecular formula is C12H12N2O3. The number of hydrogen-bond donors (Lipinski definition) is 3. The number of carboxylic acids is 1. The summed E-state index contributed by atoms with van der Waals surface area (Å²) >= 11 is 0. The van der Waals surface area contributed by atoms with Crippen LogP contribution in [0.25, 0.3) is 10.9 Å². The van der Waals surface area contributed by atoms with E-state index in [1.807, 2.05) is 18.2 Å². The summed E-state index contributed by atoms with van der Waals surface area (Å²) in [6, 6.07) is 5.63. The molecule has 5 heteroatoms. The molecule has 1 aromatic heterocycles. The third kappa shape index (κ3) is 1.36. The van der Waals surface area contributed by atoms with Crippen molar-refractivity contribution in [1.82, 2.24) is 10.2 Å². The monoisotopic (exact) mass is 232 g/mol. The lowest BCUT2D eigenvalue weighted by atomic mass is 9.88. The number of nitrogens with one attached hydrogen (secondary N) is 1. The molecule has 0 bridgehead atoms. The van der Waals surface area contributed by atoms with Crippen LogP contribution in [0, 0.1) is 0 Å². The zero-order chi connectivity index (χ0) is 12.0. The molecule has 3 rings (SSSR count). The number of aliphatic hydroxyl groups excluding tert-OH is 1. The molecule has 0 amide bonds. The molecule has 5 nitrogen and oxygen atoms in total. The molecule has 1 aliphatic carbocycles. The number of nitrogens with zero attached hydrogens (tertiary/aromatic N) is 1. The molecule has 3 N–H and O–H groups in total. The first kappa shape index (κ1) is 10.3. The average Bonchev–Trinajstić information content (AvgIpc) is 2.98. The van der Waals surface area contributed by atoms with Gasteiger partial charge in [0.15, 0.2) is 6.10 Å². The van der Waals surface area contributed by atoms with Crippen LogP contribution < -0.4 is 0 Å². The normalized spacial score (nSPS) is 19.1. The number of aromatic amines is 1. The van der Waals surface area contributed by atoms with Gasteiger partial charge in [-0.2, -0.15) is 5.10 Å². The summed E-state index contributed by atoms with van der Waals surface area (Å²) in [6.07, 6.45) is 1.73. The summed E-state index contributed by atoms with van der Waals surface area (Å²) in [7, 11) is 0. The zero-order valence-corrected chi connectivity index (χ0v) is 9.05. The van der Waals surface area contributed by atoms with Crippen molar-refractivity contribution < 1.29 is 15.0 Å². The Hall–Kier alpha value is -1.88. The minimum absolute atomic E-state index is 0.641. The fraction of sp³-hybridized carbons (Fsp3) is 0.333. The molecule has 0 aliphatic heterocycles. The maximum Gasteiger partial charge on any atom is 0.333 e. The van der Waals surface area contributed by atoms with Crippen molar-refractivity contribution in [1.29, 1.82) is 0 Å². The van der Waals surface area contributed by atoms with Gasteiger partial charge in [-0.1, -0.05) is 18.2 Å². The Labute approximate surface area is 97.1 Å². The Balaban J connectivity index is 2.15. The number of H-pyrrole nitrogens is 1. The average molecular weight is 232 g/mol. The van der Waals surface area contributed by atoms with Gasteiger partial charge in [0.2, 0.25) is 0 Å². The lowest BCUT2D eigenvalue weighted by Gasteiger charge is -2.19. The van der Waals surface area contributed by atoms with Crippen LogP contribution in [0.2, 0.25) is 0 Å². The smallest absolute Gasteiger partial charge is 0.333 e. The van der Waals surface area contributed by atoms with Crippen molar-refractivity contribution in [3.05, 3.63) is 30.0 Å². The van der Waals surface area contributed by atoms with Crippen molar-refractivity contribution in [3.63, 3.8) is 0 Å². The zero-order valence-electron chi connectivity index (χ0n) is 9.05. The highest BCUT2D eigenvalue weighted by atomic mass is 16.4. The van der Waals surface area contributed by atoms with Gasteiger partial charge in [-0.3, -0.25) is 5.10 Å². The molecule has 2 aromatic rings. The van der Waals surface area contributed by atoms with Gasteiger partial charge in [-0.15, -0.1) is 0 Å². The summed E-state index contributed by atoms with van der Waals surface area (Å²) in [5.74, 6) is -1.17. The van der Waals surface area contributed by atoms with Gasteiger partial charge in [-0.05, 0) is 18.4 Å². The van der Waals surface area contributed by atoms with Gasteiger partial charge >= 0.3 is 5.97 Å². The molecule has 0 saturated heterocycles. The first-order valence-corrected chi connectivity index (χ1v) is 5.48. The van der Waals surface area contributed by atoms with Crippen LogP contribution in [0.4, 0.5) is 0 Å².